The zero-order valence-corrected chi connectivity index (χ0v) is 11.4. The number of aromatic nitrogens is 2. The Kier molecular flexibility index (Phi) is 4.54. The van der Waals surface area contributed by atoms with Crippen LogP contribution in [0.3, 0.4) is 0 Å². The van der Waals surface area contributed by atoms with Crippen molar-refractivity contribution >= 4 is 11.9 Å². The fourth-order valence-electron chi connectivity index (χ4n) is 2.20. The summed E-state index contributed by atoms with van der Waals surface area (Å²) in [6, 6.07) is 1.94. The Labute approximate surface area is 113 Å². The third-order valence-corrected chi connectivity index (χ3v) is 3.12. The number of rotatable bonds is 4. The van der Waals surface area contributed by atoms with Crippen LogP contribution >= 0.6 is 0 Å². The van der Waals surface area contributed by atoms with Gasteiger partial charge >= 0.3 is 0 Å². The summed E-state index contributed by atoms with van der Waals surface area (Å²) < 4.78 is 5.34. The van der Waals surface area contributed by atoms with E-state index in [2.05, 4.69) is 15.3 Å². The molecule has 0 saturated carbocycles. The van der Waals surface area contributed by atoms with E-state index in [1.165, 1.54) is 0 Å². The number of ether oxygens (including phenoxy) is 1. The molecular weight excluding hydrogens is 244 g/mol. The SMILES string of the molecule is CCOc1ccnc(N[C@@H]2CCCN(C(C)=O)C2)n1. The second-order valence-corrected chi connectivity index (χ2v) is 4.60. The van der Waals surface area contributed by atoms with Crippen molar-refractivity contribution in [2.45, 2.75) is 32.7 Å². The number of carbonyl (C=O) groups is 1. The molecule has 1 amide bonds. The van der Waals surface area contributed by atoms with E-state index in [9.17, 15) is 4.79 Å². The van der Waals surface area contributed by atoms with Gasteiger partial charge in [-0.05, 0) is 19.8 Å². The molecule has 0 bridgehead atoms. The van der Waals surface area contributed by atoms with Crippen LogP contribution in [0, 0.1) is 0 Å². The Morgan fingerprint density at radius 1 is 1.63 bits per heavy atom. The monoisotopic (exact) mass is 264 g/mol. The zero-order chi connectivity index (χ0) is 13.7. The summed E-state index contributed by atoms with van der Waals surface area (Å²) in [6.45, 7) is 5.65. The lowest BCUT2D eigenvalue weighted by Crippen LogP contribution is -2.44. The third-order valence-electron chi connectivity index (χ3n) is 3.12. The number of amides is 1. The van der Waals surface area contributed by atoms with Crippen molar-refractivity contribution in [3.05, 3.63) is 12.3 Å². The zero-order valence-electron chi connectivity index (χ0n) is 11.4. The van der Waals surface area contributed by atoms with Gasteiger partial charge in [-0.25, -0.2) is 4.98 Å². The Bertz CT molecular complexity index is 438. The van der Waals surface area contributed by atoms with Crippen LogP contribution in [-0.4, -0.2) is 46.5 Å². The summed E-state index contributed by atoms with van der Waals surface area (Å²) in [5, 5.41) is 3.27. The second kappa shape index (κ2) is 6.36. The van der Waals surface area contributed by atoms with Crippen LogP contribution in [0.15, 0.2) is 12.3 Å². The molecule has 0 radical (unpaired) electrons. The largest absolute Gasteiger partial charge is 0.478 e. The Balaban J connectivity index is 1.96. The Morgan fingerprint density at radius 3 is 3.21 bits per heavy atom. The summed E-state index contributed by atoms with van der Waals surface area (Å²) >= 11 is 0. The van der Waals surface area contributed by atoms with E-state index >= 15 is 0 Å². The lowest BCUT2D eigenvalue weighted by molar-refractivity contribution is -0.129. The maximum atomic E-state index is 11.4. The second-order valence-electron chi connectivity index (χ2n) is 4.60. The molecule has 0 aliphatic carbocycles. The minimum Gasteiger partial charge on any atom is -0.478 e. The van der Waals surface area contributed by atoms with Gasteiger partial charge in [-0.15, -0.1) is 0 Å². The molecule has 104 valence electrons. The number of likely N-dealkylation sites (tertiary alicyclic amines) is 1. The molecule has 1 aliphatic heterocycles. The highest BCUT2D eigenvalue weighted by atomic mass is 16.5. The van der Waals surface area contributed by atoms with Crippen molar-refractivity contribution in [1.29, 1.82) is 0 Å². The summed E-state index contributed by atoms with van der Waals surface area (Å²) in [5.74, 6) is 1.25. The van der Waals surface area contributed by atoms with Crippen LogP contribution in [0.5, 0.6) is 5.88 Å². The number of carbonyl (C=O) groups excluding carboxylic acids is 1. The van der Waals surface area contributed by atoms with Gasteiger partial charge in [-0.1, -0.05) is 0 Å². The van der Waals surface area contributed by atoms with Crippen molar-refractivity contribution in [1.82, 2.24) is 14.9 Å². The quantitative estimate of drug-likeness (QED) is 0.887. The van der Waals surface area contributed by atoms with Gasteiger partial charge in [0, 0.05) is 38.3 Å². The van der Waals surface area contributed by atoms with Crippen LogP contribution in [0.2, 0.25) is 0 Å². The maximum absolute atomic E-state index is 11.4. The number of anilines is 1. The maximum Gasteiger partial charge on any atom is 0.226 e. The van der Waals surface area contributed by atoms with Gasteiger partial charge in [0.1, 0.15) is 0 Å². The van der Waals surface area contributed by atoms with Crippen molar-refractivity contribution < 1.29 is 9.53 Å². The first-order chi connectivity index (χ1) is 9.19. The first-order valence-corrected chi connectivity index (χ1v) is 6.67. The van der Waals surface area contributed by atoms with Crippen molar-refractivity contribution in [3.63, 3.8) is 0 Å². The van der Waals surface area contributed by atoms with Gasteiger partial charge in [-0.3, -0.25) is 4.79 Å². The smallest absolute Gasteiger partial charge is 0.226 e. The molecule has 1 aromatic heterocycles. The molecule has 0 spiro atoms. The van der Waals surface area contributed by atoms with E-state index in [1.54, 1.807) is 19.2 Å². The molecule has 1 aromatic rings. The predicted molar refractivity (Wildman–Crippen MR) is 72.1 cm³/mol. The summed E-state index contributed by atoms with van der Waals surface area (Å²) in [7, 11) is 0. The summed E-state index contributed by atoms with van der Waals surface area (Å²) in [6.07, 6.45) is 3.69. The lowest BCUT2D eigenvalue weighted by Gasteiger charge is -2.32. The van der Waals surface area contributed by atoms with Crippen molar-refractivity contribution in [3.8, 4) is 5.88 Å². The normalized spacial score (nSPS) is 19.1. The number of piperidine rings is 1. The van der Waals surface area contributed by atoms with E-state index in [1.807, 2.05) is 11.8 Å². The topological polar surface area (TPSA) is 67.3 Å². The minimum absolute atomic E-state index is 0.121. The molecule has 0 aromatic carbocycles. The molecule has 1 N–H and O–H groups in total. The fourth-order valence-corrected chi connectivity index (χ4v) is 2.20. The van der Waals surface area contributed by atoms with Gasteiger partial charge in [0.25, 0.3) is 0 Å². The molecule has 0 unspecified atom stereocenters. The van der Waals surface area contributed by atoms with Crippen LogP contribution in [0.4, 0.5) is 5.95 Å². The summed E-state index contributed by atoms with van der Waals surface area (Å²) in [4.78, 5) is 21.7. The molecule has 19 heavy (non-hydrogen) atoms. The average Bonchev–Trinajstić information content (AvgIpc) is 2.40. The minimum atomic E-state index is 0.121. The van der Waals surface area contributed by atoms with E-state index in [-0.39, 0.29) is 11.9 Å². The van der Waals surface area contributed by atoms with Crippen LogP contribution in [-0.2, 0) is 4.79 Å². The van der Waals surface area contributed by atoms with Crippen LogP contribution in [0.1, 0.15) is 26.7 Å². The molecule has 6 nitrogen and oxygen atoms in total. The molecule has 1 atom stereocenters. The third kappa shape index (κ3) is 3.81. The molecule has 6 heteroatoms. The number of hydrogen-bond donors (Lipinski definition) is 1. The van der Waals surface area contributed by atoms with Gasteiger partial charge in [0.15, 0.2) is 0 Å². The van der Waals surface area contributed by atoms with E-state index in [4.69, 9.17) is 4.74 Å². The fraction of sp³-hybridized carbons (Fsp3) is 0.615. The van der Waals surface area contributed by atoms with Crippen LogP contribution < -0.4 is 10.1 Å². The Hall–Kier alpha value is -1.85. The highest BCUT2D eigenvalue weighted by Gasteiger charge is 2.21. The lowest BCUT2D eigenvalue weighted by atomic mass is 10.1. The van der Waals surface area contributed by atoms with Crippen molar-refractivity contribution in [2.24, 2.45) is 0 Å². The predicted octanol–water partition coefficient (Wildman–Crippen LogP) is 1.30. The molecule has 1 aliphatic rings. The number of nitrogens with one attached hydrogen (secondary N) is 1. The Morgan fingerprint density at radius 2 is 2.47 bits per heavy atom. The van der Waals surface area contributed by atoms with Gasteiger partial charge < -0.3 is 15.0 Å². The number of hydrogen-bond acceptors (Lipinski definition) is 5. The van der Waals surface area contributed by atoms with Crippen LogP contribution in [0.25, 0.3) is 0 Å². The first-order valence-electron chi connectivity index (χ1n) is 6.67. The van der Waals surface area contributed by atoms with Gasteiger partial charge in [-0.2, -0.15) is 4.98 Å². The van der Waals surface area contributed by atoms with Gasteiger partial charge in [0.2, 0.25) is 17.7 Å². The average molecular weight is 264 g/mol. The highest BCUT2D eigenvalue weighted by Crippen LogP contribution is 2.15. The first kappa shape index (κ1) is 13.6. The van der Waals surface area contributed by atoms with E-state index in [0.29, 0.717) is 25.0 Å². The molecular formula is C13H20N4O2. The molecule has 2 rings (SSSR count). The highest BCUT2D eigenvalue weighted by molar-refractivity contribution is 5.73. The van der Waals surface area contributed by atoms with E-state index < -0.39 is 0 Å². The van der Waals surface area contributed by atoms with Gasteiger partial charge in [0.05, 0.1) is 6.61 Å². The van der Waals surface area contributed by atoms with Crippen molar-refractivity contribution in [2.75, 3.05) is 25.0 Å². The van der Waals surface area contributed by atoms with E-state index in [0.717, 1.165) is 19.4 Å². The molecule has 2 heterocycles. The molecule has 1 fully saturated rings. The summed E-state index contributed by atoms with van der Waals surface area (Å²) in [5.41, 5.74) is 0. The number of nitrogens with zero attached hydrogens (tertiary/aromatic N) is 3. The standard InChI is InChI=1S/C13H20N4O2/c1-3-19-12-6-7-14-13(16-12)15-11-5-4-8-17(9-11)10(2)18/h6-7,11H,3-5,8-9H2,1-2H3,(H,14,15,16)/t11-/m1/s1. The molecule has 1 saturated heterocycles.